The number of rotatable bonds is 5. The van der Waals surface area contributed by atoms with Gasteiger partial charge in [0.25, 0.3) is 0 Å². The van der Waals surface area contributed by atoms with Crippen LogP contribution in [0.25, 0.3) is 0 Å². The highest BCUT2D eigenvalue weighted by molar-refractivity contribution is 6.31. The molecule has 0 spiro atoms. The molecule has 0 radical (unpaired) electrons. The summed E-state index contributed by atoms with van der Waals surface area (Å²) in [5, 5.41) is 14.4. The summed E-state index contributed by atoms with van der Waals surface area (Å²) in [6.07, 6.45) is 0.718. The summed E-state index contributed by atoms with van der Waals surface area (Å²) in [5.41, 5.74) is 0.959. The van der Waals surface area contributed by atoms with E-state index in [4.69, 9.17) is 16.1 Å². The molecule has 0 fully saturated rings. The average molecular weight is 281 g/mol. The second-order valence-corrected chi connectivity index (χ2v) is 4.99. The van der Waals surface area contributed by atoms with Gasteiger partial charge in [0.15, 0.2) is 5.82 Å². The molecule has 1 heterocycles. The minimum atomic E-state index is -0.464. The predicted molar refractivity (Wildman–Crippen MR) is 73.3 cm³/mol. The van der Waals surface area contributed by atoms with Gasteiger partial charge in [0.1, 0.15) is 0 Å². The maximum Gasteiger partial charge on any atom is 0.232 e. The zero-order valence-corrected chi connectivity index (χ0v) is 11.8. The Morgan fingerprint density at radius 1 is 1.37 bits per heavy atom. The van der Waals surface area contributed by atoms with Crippen molar-refractivity contribution in [3.05, 3.63) is 46.6 Å². The third-order valence-electron chi connectivity index (χ3n) is 3.18. The summed E-state index contributed by atoms with van der Waals surface area (Å²) >= 11 is 6.09. The predicted octanol–water partition coefficient (Wildman–Crippen LogP) is 3.19. The van der Waals surface area contributed by atoms with E-state index in [9.17, 15) is 5.11 Å². The molecule has 2 atom stereocenters. The van der Waals surface area contributed by atoms with Crippen molar-refractivity contribution in [1.29, 1.82) is 0 Å². The van der Waals surface area contributed by atoms with Crippen LogP contribution < -0.4 is 0 Å². The van der Waals surface area contributed by atoms with Crippen LogP contribution in [0.2, 0.25) is 5.02 Å². The van der Waals surface area contributed by atoms with Crippen molar-refractivity contribution < 1.29 is 9.63 Å². The van der Waals surface area contributed by atoms with Gasteiger partial charge in [0, 0.05) is 11.4 Å². The van der Waals surface area contributed by atoms with Crippen molar-refractivity contribution in [1.82, 2.24) is 10.1 Å². The topological polar surface area (TPSA) is 59.2 Å². The molecule has 102 valence electrons. The van der Waals surface area contributed by atoms with Gasteiger partial charge in [-0.05, 0) is 18.1 Å². The Kier molecular flexibility index (Phi) is 4.56. The smallest absolute Gasteiger partial charge is 0.232 e. The number of aliphatic hydroxyl groups excluding tert-OH is 1. The standard InChI is InChI=1S/C14H17ClN2O2/c1-3-12(18)9(2)14-16-13(17-19-14)8-10-6-4-5-7-11(10)15/h4-7,9,12,18H,3,8H2,1-2H3. The quantitative estimate of drug-likeness (QED) is 0.914. The van der Waals surface area contributed by atoms with Crippen LogP contribution in [0.4, 0.5) is 0 Å². The van der Waals surface area contributed by atoms with E-state index in [1.165, 1.54) is 0 Å². The molecule has 0 bridgehead atoms. The Labute approximate surface area is 117 Å². The molecule has 2 rings (SSSR count). The van der Waals surface area contributed by atoms with Gasteiger partial charge in [0.2, 0.25) is 5.89 Å². The van der Waals surface area contributed by atoms with Crippen LogP contribution in [0.1, 0.15) is 43.5 Å². The van der Waals surface area contributed by atoms with E-state index >= 15 is 0 Å². The van der Waals surface area contributed by atoms with Gasteiger partial charge in [-0.3, -0.25) is 0 Å². The van der Waals surface area contributed by atoms with Crippen LogP contribution in [0, 0.1) is 0 Å². The summed E-state index contributed by atoms with van der Waals surface area (Å²) in [4.78, 5) is 4.32. The van der Waals surface area contributed by atoms with Crippen LogP contribution in [-0.2, 0) is 6.42 Å². The van der Waals surface area contributed by atoms with Gasteiger partial charge in [0.05, 0.1) is 12.0 Å². The van der Waals surface area contributed by atoms with Gasteiger partial charge in [-0.25, -0.2) is 0 Å². The fourth-order valence-corrected chi connectivity index (χ4v) is 2.06. The Hall–Kier alpha value is -1.39. The molecular weight excluding hydrogens is 264 g/mol. The molecule has 0 amide bonds. The fraction of sp³-hybridized carbons (Fsp3) is 0.429. The van der Waals surface area contributed by atoms with E-state index in [-0.39, 0.29) is 5.92 Å². The third-order valence-corrected chi connectivity index (χ3v) is 3.54. The maximum atomic E-state index is 9.77. The minimum Gasteiger partial charge on any atom is -0.392 e. The molecule has 1 aromatic heterocycles. The largest absolute Gasteiger partial charge is 0.392 e. The summed E-state index contributed by atoms with van der Waals surface area (Å²) < 4.78 is 5.20. The molecule has 0 aliphatic heterocycles. The molecule has 1 N–H and O–H groups in total. The Morgan fingerprint density at radius 3 is 2.79 bits per heavy atom. The number of halogens is 1. The van der Waals surface area contributed by atoms with Crippen molar-refractivity contribution in [2.75, 3.05) is 0 Å². The lowest BCUT2D eigenvalue weighted by atomic mass is 10.0. The highest BCUT2D eigenvalue weighted by Gasteiger charge is 2.21. The number of nitrogens with zero attached hydrogens (tertiary/aromatic N) is 2. The molecule has 0 saturated carbocycles. The molecule has 0 saturated heterocycles. The minimum absolute atomic E-state index is 0.155. The monoisotopic (exact) mass is 280 g/mol. The fourth-order valence-electron chi connectivity index (χ4n) is 1.85. The number of aromatic nitrogens is 2. The summed E-state index contributed by atoms with van der Waals surface area (Å²) in [6.45, 7) is 3.79. The SMILES string of the molecule is CCC(O)C(C)c1nc(Cc2ccccc2Cl)no1. The van der Waals surface area contributed by atoms with E-state index in [0.29, 0.717) is 29.6 Å². The second kappa shape index (κ2) is 6.17. The zero-order chi connectivity index (χ0) is 13.8. The van der Waals surface area contributed by atoms with Gasteiger partial charge < -0.3 is 9.63 Å². The van der Waals surface area contributed by atoms with E-state index in [0.717, 1.165) is 5.56 Å². The van der Waals surface area contributed by atoms with Gasteiger partial charge in [-0.2, -0.15) is 4.98 Å². The van der Waals surface area contributed by atoms with Crippen molar-refractivity contribution in [3.63, 3.8) is 0 Å². The van der Waals surface area contributed by atoms with Gasteiger partial charge >= 0.3 is 0 Å². The van der Waals surface area contributed by atoms with Crippen molar-refractivity contribution in [2.24, 2.45) is 0 Å². The third kappa shape index (κ3) is 3.33. The number of benzene rings is 1. The lowest BCUT2D eigenvalue weighted by Crippen LogP contribution is -2.14. The lowest BCUT2D eigenvalue weighted by molar-refractivity contribution is 0.129. The molecule has 19 heavy (non-hydrogen) atoms. The molecule has 1 aromatic carbocycles. The lowest BCUT2D eigenvalue weighted by Gasteiger charge is -2.11. The van der Waals surface area contributed by atoms with Crippen molar-refractivity contribution in [3.8, 4) is 0 Å². The van der Waals surface area contributed by atoms with Gasteiger partial charge in [-0.15, -0.1) is 0 Å². The first-order valence-electron chi connectivity index (χ1n) is 6.35. The van der Waals surface area contributed by atoms with E-state index in [2.05, 4.69) is 10.1 Å². The Bertz CT molecular complexity index is 542. The molecule has 4 nitrogen and oxygen atoms in total. The molecular formula is C14H17ClN2O2. The van der Waals surface area contributed by atoms with Gasteiger partial charge in [-0.1, -0.05) is 48.8 Å². The number of aliphatic hydroxyl groups is 1. The second-order valence-electron chi connectivity index (χ2n) is 4.58. The molecule has 2 aromatic rings. The average Bonchev–Trinajstić information content (AvgIpc) is 2.88. The van der Waals surface area contributed by atoms with E-state index < -0.39 is 6.10 Å². The van der Waals surface area contributed by atoms with E-state index in [1.54, 1.807) is 0 Å². The van der Waals surface area contributed by atoms with Crippen LogP contribution in [-0.4, -0.2) is 21.4 Å². The number of hydrogen-bond donors (Lipinski definition) is 1. The molecule has 5 heteroatoms. The highest BCUT2D eigenvalue weighted by Crippen LogP contribution is 2.21. The summed E-state index contributed by atoms with van der Waals surface area (Å²) in [5.74, 6) is 0.896. The van der Waals surface area contributed by atoms with Crippen LogP contribution in [0.3, 0.4) is 0 Å². The summed E-state index contributed by atoms with van der Waals surface area (Å²) in [7, 11) is 0. The van der Waals surface area contributed by atoms with Crippen LogP contribution in [0.5, 0.6) is 0 Å². The Morgan fingerprint density at radius 2 is 2.11 bits per heavy atom. The normalized spacial score (nSPS) is 14.3. The number of hydrogen-bond acceptors (Lipinski definition) is 4. The first kappa shape index (κ1) is 14.0. The molecule has 2 unspecified atom stereocenters. The molecule has 0 aliphatic carbocycles. The van der Waals surface area contributed by atoms with Crippen LogP contribution in [0.15, 0.2) is 28.8 Å². The molecule has 0 aliphatic rings. The van der Waals surface area contributed by atoms with Crippen molar-refractivity contribution in [2.45, 2.75) is 38.7 Å². The highest BCUT2D eigenvalue weighted by atomic mass is 35.5. The first-order chi connectivity index (χ1) is 9.11. The van der Waals surface area contributed by atoms with Crippen molar-refractivity contribution >= 4 is 11.6 Å². The zero-order valence-electron chi connectivity index (χ0n) is 11.0. The van der Waals surface area contributed by atoms with E-state index in [1.807, 2.05) is 38.1 Å². The first-order valence-corrected chi connectivity index (χ1v) is 6.73. The van der Waals surface area contributed by atoms with Crippen LogP contribution >= 0.6 is 11.6 Å². The Balaban J connectivity index is 2.12. The summed E-state index contributed by atoms with van der Waals surface area (Å²) in [6, 6.07) is 7.57. The maximum absolute atomic E-state index is 9.77.